The van der Waals surface area contributed by atoms with Gasteiger partial charge in [0, 0.05) is 11.0 Å². The van der Waals surface area contributed by atoms with E-state index in [4.69, 9.17) is 0 Å². The molecule has 1 aliphatic rings. The van der Waals surface area contributed by atoms with Gasteiger partial charge < -0.3 is 9.80 Å². The zero-order valence-electron chi connectivity index (χ0n) is 12.9. The Morgan fingerprint density at radius 2 is 1.09 bits per heavy atom. The number of hydrogen-bond donors (Lipinski definition) is 0. The molecule has 0 saturated carbocycles. The number of para-hydroxylation sites is 5. The predicted molar refractivity (Wildman–Crippen MR) is 102 cm³/mol. The zero-order valence-corrected chi connectivity index (χ0v) is 14.5. The molecule has 114 valence electrons. The summed E-state index contributed by atoms with van der Waals surface area (Å²) in [6.45, 7) is 3.14. The predicted octanol–water partition coefficient (Wildman–Crippen LogP) is 6.39. The Hall–Kier alpha value is -2.26. The van der Waals surface area contributed by atoms with E-state index in [1.165, 1.54) is 22.7 Å². The van der Waals surface area contributed by atoms with Gasteiger partial charge in [0.25, 0.3) is 0 Å². The molecule has 0 unspecified atom stereocenters. The summed E-state index contributed by atoms with van der Waals surface area (Å²) in [5, 5.41) is 0. The van der Waals surface area contributed by atoms with Crippen molar-refractivity contribution in [2.75, 3.05) is 16.3 Å². The van der Waals surface area contributed by atoms with Crippen LogP contribution in [0.3, 0.4) is 0 Å². The highest BCUT2D eigenvalue weighted by Crippen LogP contribution is 2.52. The van der Waals surface area contributed by atoms with Crippen molar-refractivity contribution in [1.82, 2.24) is 0 Å². The smallest absolute Gasteiger partial charge is 0.0700 e. The van der Waals surface area contributed by atoms with Crippen molar-refractivity contribution in [2.45, 2.75) is 6.92 Å². The number of nitrogens with zero attached hydrogens (tertiary/aromatic N) is 2. The van der Waals surface area contributed by atoms with Crippen molar-refractivity contribution in [3.63, 3.8) is 0 Å². The summed E-state index contributed by atoms with van der Waals surface area (Å²) in [6, 6.07) is 25.5. The lowest BCUT2D eigenvalue weighted by Crippen LogP contribution is -2.26. The molecule has 1 heterocycles. The van der Waals surface area contributed by atoms with Gasteiger partial charge in [0.2, 0.25) is 0 Å². The van der Waals surface area contributed by atoms with Crippen LogP contribution >= 0.6 is 15.9 Å². The van der Waals surface area contributed by atoms with E-state index in [0.717, 1.165) is 16.7 Å². The molecule has 23 heavy (non-hydrogen) atoms. The number of halogens is 1. The van der Waals surface area contributed by atoms with Gasteiger partial charge in [-0.05, 0) is 59.3 Å². The highest BCUT2D eigenvalue weighted by atomic mass is 79.9. The number of hydrogen-bond acceptors (Lipinski definition) is 2. The van der Waals surface area contributed by atoms with Crippen LogP contribution in [0.25, 0.3) is 0 Å². The average molecular weight is 365 g/mol. The van der Waals surface area contributed by atoms with Crippen LogP contribution in [0.1, 0.15) is 6.92 Å². The van der Waals surface area contributed by atoms with Crippen LogP contribution in [0, 0.1) is 0 Å². The van der Waals surface area contributed by atoms with Crippen LogP contribution in [0.2, 0.25) is 0 Å². The molecule has 0 atom stereocenters. The lowest BCUT2D eigenvalue weighted by atomic mass is 10.1. The molecule has 0 fully saturated rings. The lowest BCUT2D eigenvalue weighted by Gasteiger charge is -2.40. The third-order valence-corrected chi connectivity index (χ3v) is 4.91. The second-order valence-electron chi connectivity index (χ2n) is 5.51. The maximum Gasteiger partial charge on any atom is 0.0700 e. The fourth-order valence-corrected chi connectivity index (χ4v) is 3.72. The Bertz CT molecular complexity index is 812. The van der Waals surface area contributed by atoms with Crippen molar-refractivity contribution in [2.24, 2.45) is 0 Å². The molecule has 0 aromatic heterocycles. The van der Waals surface area contributed by atoms with Gasteiger partial charge in [0.1, 0.15) is 0 Å². The maximum atomic E-state index is 3.71. The van der Waals surface area contributed by atoms with Crippen LogP contribution in [-0.4, -0.2) is 6.54 Å². The standard InChI is InChI=1S/C20H17BrN2/c1-2-22-17-11-5-7-13-19(17)23(16-10-4-3-9-15(16)21)20-14-8-6-12-18(20)22/h3-14H,2H2,1H3. The van der Waals surface area contributed by atoms with E-state index in [0.29, 0.717) is 0 Å². The number of rotatable bonds is 2. The van der Waals surface area contributed by atoms with E-state index in [2.05, 4.69) is 99.4 Å². The zero-order chi connectivity index (χ0) is 15.8. The fourth-order valence-electron chi connectivity index (χ4n) is 3.26. The topological polar surface area (TPSA) is 6.48 Å². The molecule has 0 saturated heterocycles. The molecule has 0 aliphatic carbocycles. The first-order valence-electron chi connectivity index (χ1n) is 7.81. The van der Waals surface area contributed by atoms with E-state index >= 15 is 0 Å². The van der Waals surface area contributed by atoms with Crippen molar-refractivity contribution < 1.29 is 0 Å². The third-order valence-electron chi connectivity index (χ3n) is 4.24. The first-order valence-corrected chi connectivity index (χ1v) is 8.61. The van der Waals surface area contributed by atoms with Gasteiger partial charge in [-0.3, -0.25) is 0 Å². The largest absolute Gasteiger partial charge is 0.338 e. The van der Waals surface area contributed by atoms with E-state index in [-0.39, 0.29) is 0 Å². The second-order valence-corrected chi connectivity index (χ2v) is 6.36. The van der Waals surface area contributed by atoms with Crippen LogP contribution in [0.15, 0.2) is 77.3 Å². The van der Waals surface area contributed by atoms with Crippen molar-refractivity contribution >= 4 is 44.4 Å². The van der Waals surface area contributed by atoms with Crippen LogP contribution in [0.4, 0.5) is 28.4 Å². The van der Waals surface area contributed by atoms with E-state index in [1.54, 1.807) is 0 Å². The van der Waals surface area contributed by atoms with Gasteiger partial charge >= 0.3 is 0 Å². The van der Waals surface area contributed by atoms with Crippen molar-refractivity contribution in [1.29, 1.82) is 0 Å². The molecule has 0 bridgehead atoms. The van der Waals surface area contributed by atoms with E-state index in [1.807, 2.05) is 6.07 Å². The van der Waals surface area contributed by atoms with Crippen LogP contribution in [0.5, 0.6) is 0 Å². The molecule has 0 N–H and O–H groups in total. The highest BCUT2D eigenvalue weighted by Gasteiger charge is 2.28. The summed E-state index contributed by atoms with van der Waals surface area (Å²) < 4.78 is 1.09. The van der Waals surface area contributed by atoms with E-state index in [9.17, 15) is 0 Å². The number of anilines is 5. The second kappa shape index (κ2) is 5.74. The molecular weight excluding hydrogens is 348 g/mol. The Morgan fingerprint density at radius 1 is 0.652 bits per heavy atom. The molecule has 3 aromatic carbocycles. The first kappa shape index (κ1) is 14.3. The van der Waals surface area contributed by atoms with Gasteiger partial charge in [-0.2, -0.15) is 0 Å². The maximum absolute atomic E-state index is 3.71. The molecule has 0 spiro atoms. The van der Waals surface area contributed by atoms with Crippen LogP contribution in [-0.2, 0) is 0 Å². The molecule has 3 heteroatoms. The van der Waals surface area contributed by atoms with Gasteiger partial charge in [-0.1, -0.05) is 36.4 Å². The monoisotopic (exact) mass is 364 g/mol. The Morgan fingerprint density at radius 3 is 1.57 bits per heavy atom. The first-order chi connectivity index (χ1) is 11.3. The molecule has 2 nitrogen and oxygen atoms in total. The van der Waals surface area contributed by atoms with Gasteiger partial charge in [0.05, 0.1) is 28.4 Å². The van der Waals surface area contributed by atoms with Gasteiger partial charge in [-0.15, -0.1) is 0 Å². The normalized spacial score (nSPS) is 12.8. The minimum atomic E-state index is 0.942. The molecule has 0 amide bonds. The summed E-state index contributed by atoms with van der Waals surface area (Å²) in [6.07, 6.45) is 0. The SMILES string of the molecule is CCN1c2ccccc2N(c2ccccc2Br)c2ccccc21. The minimum absolute atomic E-state index is 0.942. The third kappa shape index (κ3) is 2.23. The number of fused-ring (bicyclic) bond motifs is 2. The van der Waals surface area contributed by atoms with Gasteiger partial charge in [0.15, 0.2) is 0 Å². The lowest BCUT2D eigenvalue weighted by molar-refractivity contribution is 0.998. The summed E-state index contributed by atoms with van der Waals surface area (Å²) in [7, 11) is 0. The molecule has 0 radical (unpaired) electrons. The summed E-state index contributed by atoms with van der Waals surface area (Å²) in [5.74, 6) is 0. The average Bonchev–Trinajstić information content (AvgIpc) is 2.60. The van der Waals surface area contributed by atoms with Gasteiger partial charge in [-0.25, -0.2) is 0 Å². The molecule has 4 rings (SSSR count). The number of benzene rings is 3. The molecule has 3 aromatic rings. The summed E-state index contributed by atoms with van der Waals surface area (Å²) >= 11 is 3.71. The van der Waals surface area contributed by atoms with Crippen molar-refractivity contribution in [3.8, 4) is 0 Å². The van der Waals surface area contributed by atoms with Crippen molar-refractivity contribution in [3.05, 3.63) is 77.3 Å². The minimum Gasteiger partial charge on any atom is -0.338 e. The van der Waals surface area contributed by atoms with Crippen LogP contribution < -0.4 is 9.80 Å². The highest BCUT2D eigenvalue weighted by molar-refractivity contribution is 9.10. The Kier molecular flexibility index (Phi) is 3.58. The molecular formula is C20H17BrN2. The Balaban J connectivity index is 2.02. The quantitative estimate of drug-likeness (QED) is 0.519. The summed E-state index contributed by atoms with van der Waals surface area (Å²) in [5.41, 5.74) is 6.05. The summed E-state index contributed by atoms with van der Waals surface area (Å²) in [4.78, 5) is 4.71. The fraction of sp³-hybridized carbons (Fsp3) is 0.100. The Labute approximate surface area is 145 Å². The molecule has 1 aliphatic heterocycles. The van der Waals surface area contributed by atoms with E-state index < -0.39 is 0 Å².